The molecule has 11 rings (SSSR count). The fourth-order valence-electron chi connectivity index (χ4n) is 8.28. The second kappa shape index (κ2) is 12.6. The van der Waals surface area contributed by atoms with E-state index in [1.165, 1.54) is 43.7 Å². The summed E-state index contributed by atoms with van der Waals surface area (Å²) in [6.07, 6.45) is 0. The van der Waals surface area contributed by atoms with Crippen LogP contribution in [-0.2, 0) is 0 Å². The van der Waals surface area contributed by atoms with Gasteiger partial charge < -0.3 is 13.9 Å². The third kappa shape index (κ3) is 5.28. The van der Waals surface area contributed by atoms with E-state index in [9.17, 15) is 0 Å². The highest BCUT2D eigenvalue weighted by Gasteiger charge is 2.16. The zero-order valence-electron chi connectivity index (χ0n) is 29.9. The molecule has 11 aromatic rings. The molecule has 0 aliphatic heterocycles. The van der Waals surface area contributed by atoms with Crippen LogP contribution in [0.2, 0.25) is 0 Å². The van der Waals surface area contributed by atoms with Crippen LogP contribution in [0.1, 0.15) is 0 Å². The zero-order valence-corrected chi connectivity index (χ0v) is 29.9. The number of nitrogens with zero attached hydrogens (tertiary/aromatic N) is 2. The van der Waals surface area contributed by atoms with E-state index in [0.717, 1.165) is 55.8 Å². The van der Waals surface area contributed by atoms with Crippen molar-refractivity contribution in [3.8, 4) is 27.9 Å². The van der Waals surface area contributed by atoms with Crippen molar-refractivity contribution in [2.24, 2.45) is 0 Å². The van der Waals surface area contributed by atoms with Gasteiger partial charge in [-0.1, -0.05) is 121 Å². The zero-order chi connectivity index (χ0) is 36.3. The van der Waals surface area contributed by atoms with Gasteiger partial charge in [0, 0.05) is 44.3 Å². The Balaban J connectivity index is 0.996. The molecule has 0 unspecified atom stereocenters. The summed E-state index contributed by atoms with van der Waals surface area (Å²) < 4.78 is 8.48. The molecule has 3 heteroatoms. The minimum Gasteiger partial charge on any atom is -0.456 e. The molecule has 0 saturated heterocycles. The van der Waals surface area contributed by atoms with E-state index in [1.54, 1.807) is 0 Å². The molecule has 2 heterocycles. The number of hydrogen-bond acceptors (Lipinski definition) is 2. The van der Waals surface area contributed by atoms with E-state index in [1.807, 2.05) is 12.1 Å². The molecule has 0 radical (unpaired) electrons. The largest absolute Gasteiger partial charge is 0.456 e. The van der Waals surface area contributed by atoms with E-state index in [-0.39, 0.29) is 0 Å². The first-order valence-corrected chi connectivity index (χ1v) is 18.7. The van der Waals surface area contributed by atoms with Crippen LogP contribution in [0.5, 0.6) is 0 Å². The molecule has 0 spiro atoms. The standard InChI is InChI=1S/C52H34N2O/c1-2-10-38-33-39(18-17-35(38)9-1)36-19-24-41(25-20-36)53(42-26-21-37(22-27-42)40-23-32-52-48(34-40)47-13-5-8-16-51(47)55-52)43-28-30-44(31-29-43)54-49-14-6-3-11-45(49)46-12-4-7-15-50(46)54/h1-34H. The maximum atomic E-state index is 6.11. The van der Waals surface area contributed by atoms with Crippen LogP contribution in [0.3, 0.4) is 0 Å². The summed E-state index contributed by atoms with van der Waals surface area (Å²) >= 11 is 0. The summed E-state index contributed by atoms with van der Waals surface area (Å²) in [6.45, 7) is 0. The van der Waals surface area contributed by atoms with Gasteiger partial charge in [0.15, 0.2) is 0 Å². The van der Waals surface area contributed by atoms with E-state index in [0.29, 0.717) is 0 Å². The Hall–Kier alpha value is -7.36. The fraction of sp³-hybridized carbons (Fsp3) is 0. The van der Waals surface area contributed by atoms with Gasteiger partial charge in [0.1, 0.15) is 11.2 Å². The van der Waals surface area contributed by atoms with Crippen molar-refractivity contribution in [3.05, 3.63) is 206 Å². The Labute approximate surface area is 318 Å². The van der Waals surface area contributed by atoms with Gasteiger partial charge in [0.2, 0.25) is 0 Å². The number of benzene rings is 9. The summed E-state index contributed by atoms with van der Waals surface area (Å²) in [4.78, 5) is 2.34. The molecular weight excluding hydrogens is 669 g/mol. The molecule has 55 heavy (non-hydrogen) atoms. The number of hydrogen-bond donors (Lipinski definition) is 0. The Morgan fingerprint density at radius 2 is 0.800 bits per heavy atom. The van der Waals surface area contributed by atoms with Crippen molar-refractivity contribution in [1.82, 2.24) is 4.57 Å². The van der Waals surface area contributed by atoms with Gasteiger partial charge in [0.05, 0.1) is 11.0 Å². The average molecular weight is 703 g/mol. The quantitative estimate of drug-likeness (QED) is 0.172. The van der Waals surface area contributed by atoms with Gasteiger partial charge >= 0.3 is 0 Å². The maximum absolute atomic E-state index is 6.11. The van der Waals surface area contributed by atoms with Crippen molar-refractivity contribution in [1.29, 1.82) is 0 Å². The summed E-state index contributed by atoms with van der Waals surface area (Å²) in [5.41, 5.74) is 13.3. The van der Waals surface area contributed by atoms with Crippen molar-refractivity contribution in [2.75, 3.05) is 4.90 Å². The van der Waals surface area contributed by atoms with Crippen molar-refractivity contribution in [2.45, 2.75) is 0 Å². The molecule has 0 amide bonds. The molecule has 258 valence electrons. The SMILES string of the molecule is c1ccc2cc(-c3ccc(N(c4ccc(-c5ccc6oc7ccccc7c6c5)cc4)c4ccc(-n5c6ccccc6c6ccccc65)cc4)cc3)ccc2c1. The van der Waals surface area contributed by atoms with Gasteiger partial charge in [-0.25, -0.2) is 0 Å². The molecule has 0 saturated carbocycles. The molecular formula is C52H34N2O. The van der Waals surface area contributed by atoms with Gasteiger partial charge in [-0.3, -0.25) is 0 Å². The maximum Gasteiger partial charge on any atom is 0.135 e. The van der Waals surface area contributed by atoms with E-state index in [4.69, 9.17) is 4.42 Å². The minimum absolute atomic E-state index is 0.907. The molecule has 0 fully saturated rings. The molecule has 0 atom stereocenters. The van der Waals surface area contributed by atoms with Crippen molar-refractivity contribution < 1.29 is 4.42 Å². The van der Waals surface area contributed by atoms with Gasteiger partial charge in [0.25, 0.3) is 0 Å². The number of fused-ring (bicyclic) bond motifs is 7. The molecule has 3 nitrogen and oxygen atoms in total. The van der Waals surface area contributed by atoms with Crippen molar-refractivity contribution >= 4 is 71.6 Å². The highest BCUT2D eigenvalue weighted by molar-refractivity contribution is 6.09. The van der Waals surface area contributed by atoms with E-state index >= 15 is 0 Å². The summed E-state index contributed by atoms with van der Waals surface area (Å²) in [5.74, 6) is 0. The molecule has 2 aromatic heterocycles. The number of anilines is 3. The lowest BCUT2D eigenvalue weighted by atomic mass is 10.0. The number of rotatable bonds is 6. The van der Waals surface area contributed by atoms with E-state index < -0.39 is 0 Å². The number of furan rings is 1. The van der Waals surface area contributed by atoms with Crippen LogP contribution in [0, 0.1) is 0 Å². The average Bonchev–Trinajstić information content (AvgIpc) is 3.80. The monoisotopic (exact) mass is 702 g/mol. The third-order valence-corrected chi connectivity index (χ3v) is 11.0. The highest BCUT2D eigenvalue weighted by atomic mass is 16.3. The molecule has 0 aliphatic carbocycles. The summed E-state index contributed by atoms with van der Waals surface area (Å²) in [6, 6.07) is 74.1. The van der Waals surface area contributed by atoms with Crippen LogP contribution in [0.25, 0.3) is 82.5 Å². The second-order valence-corrected chi connectivity index (χ2v) is 14.2. The van der Waals surface area contributed by atoms with Gasteiger partial charge in [-0.15, -0.1) is 0 Å². The fourth-order valence-corrected chi connectivity index (χ4v) is 8.28. The second-order valence-electron chi connectivity index (χ2n) is 14.2. The van der Waals surface area contributed by atoms with Crippen LogP contribution >= 0.6 is 0 Å². The Morgan fingerprint density at radius 1 is 0.327 bits per heavy atom. The predicted octanol–water partition coefficient (Wildman–Crippen LogP) is 14.6. The summed E-state index contributed by atoms with van der Waals surface area (Å²) in [5, 5.41) is 7.28. The number of para-hydroxylation sites is 3. The van der Waals surface area contributed by atoms with Crippen LogP contribution in [0.4, 0.5) is 17.1 Å². The third-order valence-electron chi connectivity index (χ3n) is 11.0. The first-order chi connectivity index (χ1) is 27.2. The van der Waals surface area contributed by atoms with E-state index in [2.05, 4.69) is 204 Å². The Bertz CT molecular complexity index is 3130. The smallest absolute Gasteiger partial charge is 0.135 e. The lowest BCUT2D eigenvalue weighted by Crippen LogP contribution is -2.10. The number of aromatic nitrogens is 1. The predicted molar refractivity (Wildman–Crippen MR) is 231 cm³/mol. The molecule has 0 bridgehead atoms. The first-order valence-electron chi connectivity index (χ1n) is 18.7. The topological polar surface area (TPSA) is 21.3 Å². The van der Waals surface area contributed by atoms with Gasteiger partial charge in [-0.2, -0.15) is 0 Å². The molecule has 0 aliphatic rings. The van der Waals surface area contributed by atoms with Crippen LogP contribution in [-0.4, -0.2) is 4.57 Å². The Morgan fingerprint density at radius 3 is 1.45 bits per heavy atom. The van der Waals surface area contributed by atoms with Crippen LogP contribution in [0.15, 0.2) is 211 Å². The van der Waals surface area contributed by atoms with Crippen molar-refractivity contribution in [3.63, 3.8) is 0 Å². The molecule has 0 N–H and O–H groups in total. The molecule has 9 aromatic carbocycles. The summed E-state index contributed by atoms with van der Waals surface area (Å²) in [7, 11) is 0. The minimum atomic E-state index is 0.907. The lowest BCUT2D eigenvalue weighted by molar-refractivity contribution is 0.669. The van der Waals surface area contributed by atoms with Crippen LogP contribution < -0.4 is 4.90 Å². The van der Waals surface area contributed by atoms with Gasteiger partial charge in [-0.05, 0) is 118 Å². The highest BCUT2D eigenvalue weighted by Crippen LogP contribution is 2.39. The first kappa shape index (κ1) is 31.2. The lowest BCUT2D eigenvalue weighted by Gasteiger charge is -2.26. The Kier molecular flexibility index (Phi) is 7.17. The normalized spacial score (nSPS) is 11.6.